The van der Waals surface area contributed by atoms with Gasteiger partial charge in [-0.2, -0.15) is 0 Å². The summed E-state index contributed by atoms with van der Waals surface area (Å²) in [5, 5.41) is 16.1. The fourth-order valence-electron chi connectivity index (χ4n) is 1.71. The first kappa shape index (κ1) is 15.7. The van der Waals surface area contributed by atoms with E-state index in [1.54, 1.807) is 0 Å². The first-order valence-corrected chi connectivity index (χ1v) is 7.57. The van der Waals surface area contributed by atoms with Crippen LogP contribution in [0.2, 0.25) is 0 Å². The predicted octanol–water partition coefficient (Wildman–Crippen LogP) is 1.60. The summed E-state index contributed by atoms with van der Waals surface area (Å²) in [5.74, 6) is -0.506. The van der Waals surface area contributed by atoms with E-state index in [4.69, 9.17) is 0 Å². The zero-order chi connectivity index (χ0) is 15.4. The largest absolute Gasteiger partial charge is 0.353 e. The minimum atomic E-state index is -0.546. The average molecular weight is 403 g/mol. The second-order valence-electron chi connectivity index (χ2n) is 4.77. The molecule has 2 amide bonds. The van der Waals surface area contributed by atoms with Crippen LogP contribution in [0.1, 0.15) is 29.6 Å². The van der Waals surface area contributed by atoms with Crippen LogP contribution in [-0.2, 0) is 4.79 Å². The zero-order valence-corrected chi connectivity index (χ0v) is 13.3. The summed E-state index contributed by atoms with van der Waals surface area (Å²) in [6.45, 7) is 0.205. The molecule has 1 aliphatic carbocycles. The Balaban J connectivity index is 1.88. The standard InChI is InChI=1S/C13H14IN3O4/c14-11-4-3-9(17(20)21)7-10(11)13(19)15-6-5-12(18)16-8-1-2-8/h3-4,7-8H,1-2,5-6H2,(H,15,19)(H,16,18). The third-order valence-electron chi connectivity index (χ3n) is 2.99. The summed E-state index contributed by atoms with van der Waals surface area (Å²) < 4.78 is 0.623. The summed E-state index contributed by atoms with van der Waals surface area (Å²) in [7, 11) is 0. The zero-order valence-electron chi connectivity index (χ0n) is 11.1. The highest BCUT2D eigenvalue weighted by atomic mass is 127. The van der Waals surface area contributed by atoms with Crippen LogP contribution in [0.25, 0.3) is 0 Å². The summed E-state index contributed by atoms with van der Waals surface area (Å²) in [4.78, 5) is 33.6. The van der Waals surface area contributed by atoms with Gasteiger partial charge in [0.2, 0.25) is 5.91 Å². The maximum atomic E-state index is 12.0. The molecule has 0 atom stereocenters. The van der Waals surface area contributed by atoms with E-state index in [0.717, 1.165) is 12.8 Å². The highest BCUT2D eigenvalue weighted by molar-refractivity contribution is 14.1. The average Bonchev–Trinajstić information content (AvgIpc) is 3.22. The van der Waals surface area contributed by atoms with Gasteiger partial charge in [-0.25, -0.2) is 0 Å². The lowest BCUT2D eigenvalue weighted by Gasteiger charge is -2.07. The van der Waals surface area contributed by atoms with Gasteiger partial charge in [-0.1, -0.05) is 0 Å². The maximum absolute atomic E-state index is 12.0. The van der Waals surface area contributed by atoms with E-state index in [9.17, 15) is 19.7 Å². The van der Waals surface area contributed by atoms with Crippen molar-refractivity contribution in [2.24, 2.45) is 0 Å². The Morgan fingerprint density at radius 1 is 1.38 bits per heavy atom. The molecule has 0 spiro atoms. The molecular formula is C13H14IN3O4. The number of nitrogens with one attached hydrogen (secondary N) is 2. The van der Waals surface area contributed by atoms with Crippen molar-refractivity contribution in [1.29, 1.82) is 0 Å². The summed E-state index contributed by atoms with van der Waals surface area (Å²) in [6.07, 6.45) is 2.24. The number of nitrogens with zero attached hydrogens (tertiary/aromatic N) is 1. The third-order valence-corrected chi connectivity index (χ3v) is 3.93. The summed E-state index contributed by atoms with van der Waals surface area (Å²) >= 11 is 1.94. The van der Waals surface area contributed by atoms with Crippen molar-refractivity contribution in [1.82, 2.24) is 10.6 Å². The monoisotopic (exact) mass is 403 g/mol. The SMILES string of the molecule is O=C(CCNC(=O)c1cc([N+](=O)[O-])ccc1I)NC1CC1. The van der Waals surface area contributed by atoms with Crippen molar-refractivity contribution in [3.63, 3.8) is 0 Å². The van der Waals surface area contributed by atoms with Crippen LogP contribution in [0.4, 0.5) is 5.69 Å². The number of hydrogen-bond acceptors (Lipinski definition) is 4. The normalized spacial score (nSPS) is 13.6. The van der Waals surface area contributed by atoms with Gasteiger partial charge in [0.15, 0.2) is 0 Å². The summed E-state index contributed by atoms with van der Waals surface area (Å²) in [5.41, 5.74) is 0.111. The Morgan fingerprint density at radius 3 is 2.71 bits per heavy atom. The molecule has 2 N–H and O–H groups in total. The number of carbonyl (C=O) groups is 2. The molecule has 0 aromatic heterocycles. The molecule has 1 aliphatic rings. The molecule has 0 heterocycles. The van der Waals surface area contributed by atoms with E-state index in [1.807, 2.05) is 22.6 Å². The van der Waals surface area contributed by atoms with Gasteiger partial charge in [-0.15, -0.1) is 0 Å². The quantitative estimate of drug-likeness (QED) is 0.428. The number of hydrogen-bond donors (Lipinski definition) is 2. The molecule has 0 saturated heterocycles. The molecule has 0 aliphatic heterocycles. The Bertz CT molecular complexity index is 587. The number of halogens is 1. The molecule has 2 rings (SSSR count). The van der Waals surface area contributed by atoms with Gasteiger partial charge in [0.05, 0.1) is 10.5 Å². The van der Waals surface area contributed by atoms with E-state index in [2.05, 4.69) is 10.6 Å². The number of amides is 2. The molecule has 1 aromatic rings. The van der Waals surface area contributed by atoms with E-state index in [-0.39, 0.29) is 30.1 Å². The Hall–Kier alpha value is -1.71. The molecule has 7 nitrogen and oxygen atoms in total. The molecular weight excluding hydrogens is 389 g/mol. The van der Waals surface area contributed by atoms with E-state index in [0.29, 0.717) is 9.61 Å². The van der Waals surface area contributed by atoms with Gasteiger partial charge in [-0.3, -0.25) is 19.7 Å². The number of nitro benzene ring substituents is 1. The highest BCUT2D eigenvalue weighted by Gasteiger charge is 2.23. The van der Waals surface area contributed by atoms with Crippen LogP contribution in [-0.4, -0.2) is 29.3 Å². The smallest absolute Gasteiger partial charge is 0.270 e. The van der Waals surface area contributed by atoms with Crippen LogP contribution in [0.3, 0.4) is 0 Å². The minimum absolute atomic E-state index is 0.0912. The minimum Gasteiger partial charge on any atom is -0.353 e. The second-order valence-corrected chi connectivity index (χ2v) is 5.93. The Morgan fingerprint density at radius 2 is 2.10 bits per heavy atom. The van der Waals surface area contributed by atoms with Crippen molar-refractivity contribution in [3.05, 3.63) is 37.4 Å². The van der Waals surface area contributed by atoms with Crippen molar-refractivity contribution in [3.8, 4) is 0 Å². The van der Waals surface area contributed by atoms with Gasteiger partial charge in [0.1, 0.15) is 0 Å². The van der Waals surface area contributed by atoms with Crippen LogP contribution >= 0.6 is 22.6 Å². The number of carbonyl (C=O) groups excluding carboxylic acids is 2. The van der Waals surface area contributed by atoms with Gasteiger partial charge in [0, 0.05) is 34.7 Å². The molecule has 1 aromatic carbocycles. The highest BCUT2D eigenvalue weighted by Crippen LogP contribution is 2.20. The number of rotatable bonds is 6. The van der Waals surface area contributed by atoms with Crippen LogP contribution in [0, 0.1) is 13.7 Å². The first-order chi connectivity index (χ1) is 9.97. The third kappa shape index (κ3) is 4.66. The fraction of sp³-hybridized carbons (Fsp3) is 0.385. The lowest BCUT2D eigenvalue weighted by Crippen LogP contribution is -2.32. The van der Waals surface area contributed by atoms with Gasteiger partial charge in [-0.05, 0) is 41.5 Å². The van der Waals surface area contributed by atoms with Crippen LogP contribution in [0.5, 0.6) is 0 Å². The van der Waals surface area contributed by atoms with Crippen molar-refractivity contribution in [2.75, 3.05) is 6.54 Å². The molecule has 1 fully saturated rings. The molecule has 112 valence electrons. The fourth-order valence-corrected chi connectivity index (χ4v) is 2.29. The maximum Gasteiger partial charge on any atom is 0.270 e. The number of nitro groups is 1. The van der Waals surface area contributed by atoms with Crippen LogP contribution in [0.15, 0.2) is 18.2 Å². The topological polar surface area (TPSA) is 101 Å². The van der Waals surface area contributed by atoms with Crippen molar-refractivity contribution < 1.29 is 14.5 Å². The van der Waals surface area contributed by atoms with Crippen molar-refractivity contribution >= 4 is 40.1 Å². The van der Waals surface area contributed by atoms with Gasteiger partial charge >= 0.3 is 0 Å². The molecule has 1 saturated carbocycles. The van der Waals surface area contributed by atoms with E-state index in [1.165, 1.54) is 18.2 Å². The van der Waals surface area contributed by atoms with E-state index < -0.39 is 10.8 Å². The lowest BCUT2D eigenvalue weighted by molar-refractivity contribution is -0.384. The molecule has 8 heteroatoms. The molecule has 0 bridgehead atoms. The molecule has 0 radical (unpaired) electrons. The number of benzene rings is 1. The number of non-ortho nitro benzene ring substituents is 1. The second kappa shape index (κ2) is 6.83. The summed E-state index contributed by atoms with van der Waals surface area (Å²) in [6, 6.07) is 4.40. The van der Waals surface area contributed by atoms with Gasteiger partial charge in [0.25, 0.3) is 11.6 Å². The van der Waals surface area contributed by atoms with Gasteiger partial charge < -0.3 is 10.6 Å². The van der Waals surface area contributed by atoms with E-state index >= 15 is 0 Å². The van der Waals surface area contributed by atoms with Crippen molar-refractivity contribution in [2.45, 2.75) is 25.3 Å². The first-order valence-electron chi connectivity index (χ1n) is 6.49. The molecule has 0 unspecified atom stereocenters. The molecule has 21 heavy (non-hydrogen) atoms. The predicted molar refractivity (Wildman–Crippen MR) is 83.9 cm³/mol. The Kier molecular flexibility index (Phi) is 5.10. The van der Waals surface area contributed by atoms with Crippen LogP contribution < -0.4 is 10.6 Å². The Labute approximate surface area is 134 Å². The lowest BCUT2D eigenvalue weighted by atomic mass is 10.2.